The molecule has 0 saturated carbocycles. The molecule has 10 heavy (non-hydrogen) atoms. The Labute approximate surface area is 64.3 Å². The van der Waals surface area contributed by atoms with E-state index in [0.717, 1.165) is 0 Å². The van der Waals surface area contributed by atoms with Crippen LogP contribution in [-0.4, -0.2) is 0 Å². The van der Waals surface area contributed by atoms with Crippen molar-refractivity contribution in [2.45, 2.75) is 44.9 Å². The van der Waals surface area contributed by atoms with Crippen molar-refractivity contribution in [3.05, 3.63) is 18.6 Å². The van der Waals surface area contributed by atoms with Crippen molar-refractivity contribution < 1.29 is 0 Å². The molecular formula is C10H17. The summed E-state index contributed by atoms with van der Waals surface area (Å²) in [5.74, 6) is 0. The van der Waals surface area contributed by atoms with Gasteiger partial charge in [-0.25, -0.2) is 0 Å². The summed E-state index contributed by atoms with van der Waals surface area (Å²) in [4.78, 5) is 0. The molecule has 0 N–H and O–H groups in total. The van der Waals surface area contributed by atoms with Crippen molar-refractivity contribution in [3.63, 3.8) is 0 Å². The highest BCUT2D eigenvalue weighted by Gasteiger charge is 1.91. The Bertz CT molecular complexity index is 80.2. The fourth-order valence-electron chi connectivity index (χ4n) is 1.31. The van der Waals surface area contributed by atoms with Crippen molar-refractivity contribution in [3.8, 4) is 0 Å². The van der Waals surface area contributed by atoms with Gasteiger partial charge in [-0.05, 0) is 38.5 Å². The summed E-state index contributed by atoms with van der Waals surface area (Å²) in [5.41, 5.74) is 0. The normalized spacial score (nSPS) is 22.4. The average molecular weight is 137 g/mol. The third-order valence-electron chi connectivity index (χ3n) is 1.97. The van der Waals surface area contributed by atoms with Gasteiger partial charge in [0, 0.05) is 0 Å². The first-order valence-electron chi connectivity index (χ1n) is 4.47. The molecule has 0 spiro atoms. The Morgan fingerprint density at radius 1 is 0.600 bits per heavy atom. The molecule has 0 unspecified atom stereocenters. The second-order valence-electron chi connectivity index (χ2n) is 2.98. The maximum atomic E-state index is 2.44. The molecule has 0 aromatic carbocycles. The Morgan fingerprint density at radius 3 is 2.10 bits per heavy atom. The largest absolute Gasteiger partial charge is 0.0885 e. The van der Waals surface area contributed by atoms with Crippen molar-refractivity contribution in [1.29, 1.82) is 0 Å². The standard InChI is InChI=1S/C10H17/c1-2-4-6-8-10-9-7-5-3-1/h1-2,9H,3-8,10H2. The van der Waals surface area contributed by atoms with Crippen LogP contribution in [0.5, 0.6) is 0 Å². The topological polar surface area (TPSA) is 0 Å². The lowest BCUT2D eigenvalue weighted by Gasteiger charge is -2.01. The minimum absolute atomic E-state index is 1.29. The molecule has 0 heteroatoms. The maximum absolute atomic E-state index is 2.44. The smallest absolute Gasteiger partial charge is 0.0351 e. The van der Waals surface area contributed by atoms with E-state index in [1.165, 1.54) is 44.9 Å². The first kappa shape index (κ1) is 7.84. The van der Waals surface area contributed by atoms with Crippen molar-refractivity contribution in [1.82, 2.24) is 0 Å². The second kappa shape index (κ2) is 5.52. The Hall–Kier alpha value is -0.260. The van der Waals surface area contributed by atoms with Gasteiger partial charge in [0.05, 0.1) is 0 Å². The number of rotatable bonds is 0. The minimum Gasteiger partial charge on any atom is -0.0885 e. The Kier molecular flexibility index (Phi) is 4.33. The third kappa shape index (κ3) is 3.71. The van der Waals surface area contributed by atoms with Gasteiger partial charge in [-0.15, -0.1) is 0 Å². The van der Waals surface area contributed by atoms with E-state index in [1.54, 1.807) is 0 Å². The maximum Gasteiger partial charge on any atom is -0.0351 e. The molecular weight excluding hydrogens is 120 g/mol. The molecule has 0 fully saturated rings. The van der Waals surface area contributed by atoms with Crippen LogP contribution in [0.3, 0.4) is 0 Å². The van der Waals surface area contributed by atoms with Gasteiger partial charge in [-0.3, -0.25) is 0 Å². The van der Waals surface area contributed by atoms with Gasteiger partial charge < -0.3 is 0 Å². The molecule has 0 aromatic rings. The van der Waals surface area contributed by atoms with Crippen LogP contribution in [0.15, 0.2) is 12.2 Å². The lowest BCUT2D eigenvalue weighted by molar-refractivity contribution is 0.685. The molecule has 0 heterocycles. The van der Waals surface area contributed by atoms with Crippen LogP contribution >= 0.6 is 0 Å². The molecule has 0 aromatic heterocycles. The zero-order chi connectivity index (χ0) is 7.07. The molecule has 0 amide bonds. The summed E-state index contributed by atoms with van der Waals surface area (Å²) in [6.45, 7) is 0. The lowest BCUT2D eigenvalue weighted by atomic mass is 10.1. The van der Waals surface area contributed by atoms with E-state index in [2.05, 4.69) is 18.6 Å². The van der Waals surface area contributed by atoms with Crippen LogP contribution in [0, 0.1) is 6.42 Å². The molecule has 57 valence electrons. The molecule has 0 nitrogen and oxygen atoms in total. The van der Waals surface area contributed by atoms with Gasteiger partial charge in [-0.2, -0.15) is 0 Å². The number of hydrogen-bond acceptors (Lipinski definition) is 0. The molecule has 0 saturated heterocycles. The third-order valence-corrected chi connectivity index (χ3v) is 1.97. The zero-order valence-corrected chi connectivity index (χ0v) is 6.68. The van der Waals surface area contributed by atoms with E-state index >= 15 is 0 Å². The summed E-state index contributed by atoms with van der Waals surface area (Å²) < 4.78 is 0. The monoisotopic (exact) mass is 137 g/mol. The van der Waals surface area contributed by atoms with Gasteiger partial charge >= 0.3 is 0 Å². The molecule has 0 aliphatic heterocycles. The second-order valence-corrected chi connectivity index (χ2v) is 2.98. The van der Waals surface area contributed by atoms with Gasteiger partial charge in [0.15, 0.2) is 0 Å². The molecule has 0 atom stereocenters. The fraction of sp³-hybridized carbons (Fsp3) is 0.700. The summed E-state index contributed by atoms with van der Waals surface area (Å²) >= 11 is 0. The summed E-state index contributed by atoms with van der Waals surface area (Å²) in [7, 11) is 0. The zero-order valence-electron chi connectivity index (χ0n) is 6.68. The van der Waals surface area contributed by atoms with E-state index in [9.17, 15) is 0 Å². The van der Waals surface area contributed by atoms with E-state index in [4.69, 9.17) is 0 Å². The number of hydrogen-bond donors (Lipinski definition) is 0. The molecule has 1 rings (SSSR count). The average Bonchev–Trinajstić information content (AvgIpc) is 2.01. The highest BCUT2D eigenvalue weighted by atomic mass is 14.0. The fourth-order valence-corrected chi connectivity index (χ4v) is 1.31. The number of allylic oxidation sites excluding steroid dienone is 2. The minimum atomic E-state index is 1.29. The van der Waals surface area contributed by atoms with Crippen LogP contribution in [0.2, 0.25) is 0 Å². The molecule has 1 aliphatic rings. The first-order valence-corrected chi connectivity index (χ1v) is 4.47. The van der Waals surface area contributed by atoms with Gasteiger partial charge in [0.1, 0.15) is 0 Å². The first-order chi connectivity index (χ1) is 5.00. The Morgan fingerprint density at radius 2 is 1.20 bits per heavy atom. The molecule has 1 radical (unpaired) electrons. The van der Waals surface area contributed by atoms with Crippen molar-refractivity contribution in [2.24, 2.45) is 0 Å². The van der Waals surface area contributed by atoms with Crippen LogP contribution < -0.4 is 0 Å². The van der Waals surface area contributed by atoms with Crippen molar-refractivity contribution >= 4 is 0 Å². The highest BCUT2D eigenvalue weighted by Crippen LogP contribution is 2.10. The van der Waals surface area contributed by atoms with Gasteiger partial charge in [-0.1, -0.05) is 25.0 Å². The SMILES string of the molecule is [CH]1CCCC=CCCCC1. The van der Waals surface area contributed by atoms with E-state index < -0.39 is 0 Å². The van der Waals surface area contributed by atoms with Crippen LogP contribution in [-0.2, 0) is 0 Å². The Balaban J connectivity index is 2.13. The van der Waals surface area contributed by atoms with Crippen LogP contribution in [0.4, 0.5) is 0 Å². The predicted molar refractivity (Wildman–Crippen MR) is 45.8 cm³/mol. The summed E-state index contributed by atoms with van der Waals surface area (Å²) in [6.07, 6.45) is 16.5. The van der Waals surface area contributed by atoms with Crippen LogP contribution in [0.25, 0.3) is 0 Å². The summed E-state index contributed by atoms with van der Waals surface area (Å²) in [6, 6.07) is 0. The van der Waals surface area contributed by atoms with Crippen LogP contribution in [0.1, 0.15) is 44.9 Å². The van der Waals surface area contributed by atoms with E-state index in [-0.39, 0.29) is 0 Å². The van der Waals surface area contributed by atoms with E-state index in [1.807, 2.05) is 0 Å². The molecule has 0 bridgehead atoms. The van der Waals surface area contributed by atoms with Crippen molar-refractivity contribution in [2.75, 3.05) is 0 Å². The predicted octanol–water partition coefficient (Wildman–Crippen LogP) is 3.49. The van der Waals surface area contributed by atoms with E-state index in [0.29, 0.717) is 0 Å². The lowest BCUT2D eigenvalue weighted by Crippen LogP contribution is -1.82. The summed E-state index contributed by atoms with van der Waals surface area (Å²) in [5, 5.41) is 0. The molecule has 1 aliphatic carbocycles. The van der Waals surface area contributed by atoms with Gasteiger partial charge in [0.2, 0.25) is 0 Å². The van der Waals surface area contributed by atoms with Gasteiger partial charge in [0.25, 0.3) is 0 Å². The quantitative estimate of drug-likeness (QED) is 0.448. The highest BCUT2D eigenvalue weighted by molar-refractivity contribution is 4.83.